The lowest BCUT2D eigenvalue weighted by Gasteiger charge is -2.37. The summed E-state index contributed by atoms with van der Waals surface area (Å²) < 4.78 is 4.85. The van der Waals surface area contributed by atoms with Gasteiger partial charge in [0.15, 0.2) is 0 Å². The van der Waals surface area contributed by atoms with Crippen LogP contribution in [0.15, 0.2) is 0 Å². The Morgan fingerprint density at radius 3 is 2.41 bits per heavy atom. The Kier molecular flexibility index (Phi) is 4.95. The highest BCUT2D eigenvalue weighted by Crippen LogP contribution is 2.21. The molecular weight excluding hydrogens is 216 g/mol. The Morgan fingerprint density at radius 2 is 1.94 bits per heavy atom. The number of hydrogen-bond acceptors (Lipinski definition) is 4. The molecule has 1 saturated heterocycles. The quantitative estimate of drug-likeness (QED) is 0.694. The Labute approximate surface area is 105 Å². The lowest BCUT2D eigenvalue weighted by molar-refractivity contribution is -0.152. The molecule has 100 valence electrons. The third-order valence-electron chi connectivity index (χ3n) is 4.01. The number of esters is 1. The van der Waals surface area contributed by atoms with Crippen LogP contribution in [0.2, 0.25) is 0 Å². The molecule has 1 aliphatic heterocycles. The van der Waals surface area contributed by atoms with E-state index in [1.165, 1.54) is 20.0 Å². The zero-order valence-electron chi connectivity index (χ0n) is 11.8. The van der Waals surface area contributed by atoms with Crippen LogP contribution in [0.25, 0.3) is 0 Å². The van der Waals surface area contributed by atoms with Gasteiger partial charge in [0.2, 0.25) is 0 Å². The van der Waals surface area contributed by atoms with Crippen molar-refractivity contribution in [2.45, 2.75) is 32.2 Å². The number of rotatable bonds is 4. The van der Waals surface area contributed by atoms with Crippen LogP contribution in [0.5, 0.6) is 0 Å². The minimum atomic E-state index is -0.530. The van der Waals surface area contributed by atoms with Crippen LogP contribution in [0, 0.1) is 5.92 Å². The fraction of sp³-hybridized carbons (Fsp3) is 0.923. The number of nitrogens with zero attached hydrogens (tertiary/aromatic N) is 2. The number of ether oxygens (including phenoxy) is 1. The summed E-state index contributed by atoms with van der Waals surface area (Å²) in [6.45, 7) is 7.14. The molecule has 0 bridgehead atoms. The van der Waals surface area contributed by atoms with E-state index in [0.29, 0.717) is 5.92 Å². The Morgan fingerprint density at radius 1 is 1.41 bits per heavy atom. The van der Waals surface area contributed by atoms with Crippen molar-refractivity contribution < 1.29 is 9.53 Å². The van der Waals surface area contributed by atoms with Crippen molar-refractivity contribution in [1.29, 1.82) is 0 Å². The topological polar surface area (TPSA) is 32.8 Å². The molecule has 0 atom stereocenters. The van der Waals surface area contributed by atoms with Gasteiger partial charge in [0.1, 0.15) is 5.54 Å². The fourth-order valence-electron chi connectivity index (χ4n) is 2.27. The Hall–Kier alpha value is -0.610. The van der Waals surface area contributed by atoms with E-state index in [-0.39, 0.29) is 5.97 Å². The molecule has 0 N–H and O–H groups in total. The van der Waals surface area contributed by atoms with Crippen molar-refractivity contribution >= 4 is 5.97 Å². The highest BCUT2D eigenvalue weighted by molar-refractivity contribution is 5.79. The van der Waals surface area contributed by atoms with Gasteiger partial charge < -0.3 is 9.64 Å². The van der Waals surface area contributed by atoms with Gasteiger partial charge in [-0.05, 0) is 59.8 Å². The number of carbonyl (C=O) groups excluding carboxylic acids is 1. The largest absolute Gasteiger partial charge is 0.468 e. The van der Waals surface area contributed by atoms with Crippen molar-refractivity contribution in [1.82, 2.24) is 9.80 Å². The number of carbonyl (C=O) groups is 1. The summed E-state index contributed by atoms with van der Waals surface area (Å²) in [4.78, 5) is 16.2. The lowest BCUT2D eigenvalue weighted by atomic mass is 9.94. The minimum Gasteiger partial charge on any atom is -0.468 e. The maximum Gasteiger partial charge on any atom is 0.325 e. The smallest absolute Gasteiger partial charge is 0.325 e. The molecule has 1 rings (SSSR count). The van der Waals surface area contributed by atoms with E-state index in [9.17, 15) is 4.79 Å². The molecule has 0 aliphatic carbocycles. The molecule has 1 heterocycles. The van der Waals surface area contributed by atoms with E-state index in [2.05, 4.69) is 16.8 Å². The monoisotopic (exact) mass is 242 g/mol. The Balaban J connectivity index is 2.48. The second-order valence-corrected chi connectivity index (χ2v) is 5.68. The molecular formula is C13H26N2O2. The average molecular weight is 242 g/mol. The zero-order valence-corrected chi connectivity index (χ0v) is 11.8. The minimum absolute atomic E-state index is 0.159. The third-order valence-corrected chi connectivity index (χ3v) is 4.01. The molecule has 0 aromatic carbocycles. The van der Waals surface area contributed by atoms with Crippen LogP contribution in [0.3, 0.4) is 0 Å². The van der Waals surface area contributed by atoms with Gasteiger partial charge in [-0.1, -0.05) is 0 Å². The predicted molar refractivity (Wildman–Crippen MR) is 68.9 cm³/mol. The summed E-state index contributed by atoms with van der Waals surface area (Å²) in [7, 11) is 5.63. The van der Waals surface area contributed by atoms with Crippen molar-refractivity contribution in [3.63, 3.8) is 0 Å². The van der Waals surface area contributed by atoms with E-state index in [4.69, 9.17) is 4.74 Å². The first-order valence-corrected chi connectivity index (χ1v) is 6.36. The molecule has 0 aromatic rings. The molecule has 4 nitrogen and oxygen atoms in total. The highest BCUT2D eigenvalue weighted by atomic mass is 16.5. The average Bonchev–Trinajstić information content (AvgIpc) is 2.30. The van der Waals surface area contributed by atoms with Crippen LogP contribution in [0.4, 0.5) is 0 Å². The van der Waals surface area contributed by atoms with Gasteiger partial charge in [0, 0.05) is 6.54 Å². The molecule has 0 saturated carbocycles. The van der Waals surface area contributed by atoms with Crippen LogP contribution < -0.4 is 0 Å². The van der Waals surface area contributed by atoms with Gasteiger partial charge in [0.05, 0.1) is 7.11 Å². The second-order valence-electron chi connectivity index (χ2n) is 5.68. The number of hydrogen-bond donors (Lipinski definition) is 0. The van der Waals surface area contributed by atoms with Gasteiger partial charge in [-0.2, -0.15) is 0 Å². The van der Waals surface area contributed by atoms with Gasteiger partial charge in [0.25, 0.3) is 0 Å². The molecule has 0 spiro atoms. The third kappa shape index (κ3) is 3.68. The van der Waals surface area contributed by atoms with E-state index < -0.39 is 5.54 Å². The number of likely N-dealkylation sites (tertiary alicyclic amines) is 1. The summed E-state index contributed by atoms with van der Waals surface area (Å²) >= 11 is 0. The van der Waals surface area contributed by atoms with Crippen molar-refractivity contribution in [2.75, 3.05) is 40.8 Å². The van der Waals surface area contributed by atoms with E-state index in [1.807, 2.05) is 20.9 Å². The van der Waals surface area contributed by atoms with Crippen LogP contribution in [0.1, 0.15) is 26.7 Å². The molecule has 1 aliphatic rings. The van der Waals surface area contributed by atoms with Crippen molar-refractivity contribution in [3.05, 3.63) is 0 Å². The lowest BCUT2D eigenvalue weighted by Crippen LogP contribution is -2.51. The second kappa shape index (κ2) is 5.83. The van der Waals surface area contributed by atoms with E-state index in [1.54, 1.807) is 0 Å². The molecule has 0 radical (unpaired) electrons. The fourth-order valence-corrected chi connectivity index (χ4v) is 2.27. The maximum atomic E-state index is 11.7. The van der Waals surface area contributed by atoms with Crippen LogP contribution in [-0.2, 0) is 9.53 Å². The highest BCUT2D eigenvalue weighted by Gasteiger charge is 2.34. The van der Waals surface area contributed by atoms with Gasteiger partial charge >= 0.3 is 5.97 Å². The standard InChI is InChI=1S/C13H26N2O2/c1-13(2,12(16)17-5)15(4)10-11-6-8-14(3)9-7-11/h11H,6-10H2,1-5H3. The first-order chi connectivity index (χ1) is 7.87. The summed E-state index contributed by atoms with van der Waals surface area (Å²) in [6, 6.07) is 0. The number of methoxy groups -OCH3 is 1. The van der Waals surface area contributed by atoms with Crippen molar-refractivity contribution in [2.24, 2.45) is 5.92 Å². The molecule has 17 heavy (non-hydrogen) atoms. The molecule has 0 unspecified atom stereocenters. The van der Waals surface area contributed by atoms with Gasteiger partial charge in [-0.25, -0.2) is 0 Å². The van der Waals surface area contributed by atoms with E-state index >= 15 is 0 Å². The maximum absolute atomic E-state index is 11.7. The first kappa shape index (κ1) is 14.5. The van der Waals surface area contributed by atoms with Crippen LogP contribution >= 0.6 is 0 Å². The number of piperidine rings is 1. The van der Waals surface area contributed by atoms with Crippen molar-refractivity contribution in [3.8, 4) is 0 Å². The van der Waals surface area contributed by atoms with E-state index in [0.717, 1.165) is 19.6 Å². The predicted octanol–water partition coefficient (Wildman–Crippen LogP) is 1.21. The van der Waals surface area contributed by atoms with Gasteiger partial charge in [-0.3, -0.25) is 9.69 Å². The Bertz CT molecular complexity index is 258. The van der Waals surface area contributed by atoms with Gasteiger partial charge in [-0.15, -0.1) is 0 Å². The molecule has 0 amide bonds. The molecule has 0 aromatic heterocycles. The summed E-state index contributed by atoms with van der Waals surface area (Å²) in [6.07, 6.45) is 2.44. The normalized spacial score (nSPS) is 19.6. The summed E-state index contributed by atoms with van der Waals surface area (Å²) in [5.41, 5.74) is -0.530. The first-order valence-electron chi connectivity index (χ1n) is 6.36. The summed E-state index contributed by atoms with van der Waals surface area (Å²) in [5.74, 6) is 0.535. The number of likely N-dealkylation sites (N-methyl/N-ethyl adjacent to an activating group) is 1. The van der Waals surface area contributed by atoms with Crippen LogP contribution in [-0.4, -0.2) is 62.1 Å². The summed E-state index contributed by atoms with van der Waals surface area (Å²) in [5, 5.41) is 0. The SMILES string of the molecule is COC(=O)C(C)(C)N(C)CC1CCN(C)CC1. The molecule has 4 heteroatoms. The molecule has 1 fully saturated rings. The zero-order chi connectivity index (χ0) is 13.1.